The van der Waals surface area contributed by atoms with Crippen molar-refractivity contribution in [1.29, 1.82) is 0 Å². The van der Waals surface area contributed by atoms with Crippen molar-refractivity contribution >= 4 is 17.3 Å². The van der Waals surface area contributed by atoms with Gasteiger partial charge in [0.1, 0.15) is 0 Å². The summed E-state index contributed by atoms with van der Waals surface area (Å²) in [5.74, 6) is 0.460. The molecule has 0 saturated carbocycles. The molecule has 1 aromatic rings. The lowest BCUT2D eigenvalue weighted by atomic mass is 10.1. The smallest absolute Gasteiger partial charge is 0.276 e. The van der Waals surface area contributed by atoms with Crippen molar-refractivity contribution in [2.24, 2.45) is 5.92 Å². The summed E-state index contributed by atoms with van der Waals surface area (Å²) in [5.41, 5.74) is 0.573. The average molecular weight is 258 g/mol. The third-order valence-electron chi connectivity index (χ3n) is 2.60. The van der Waals surface area contributed by atoms with Gasteiger partial charge in [-0.1, -0.05) is 31.9 Å². The number of nitrogens with zero attached hydrogens (tertiary/aromatic N) is 1. The van der Waals surface area contributed by atoms with Gasteiger partial charge in [-0.2, -0.15) is 0 Å². The largest absolute Gasteiger partial charge is 0.376 e. The van der Waals surface area contributed by atoms with Crippen LogP contribution in [0.1, 0.15) is 25.8 Å². The van der Waals surface area contributed by atoms with Gasteiger partial charge in [-0.05, 0) is 18.1 Å². The van der Waals surface area contributed by atoms with E-state index in [1.54, 1.807) is 12.1 Å². The zero-order valence-corrected chi connectivity index (χ0v) is 10.7. The van der Waals surface area contributed by atoms with Crippen LogP contribution in [0.3, 0.4) is 0 Å². The zero-order chi connectivity index (χ0) is 12.8. The van der Waals surface area contributed by atoms with Crippen LogP contribution >= 0.6 is 11.6 Å². The first kappa shape index (κ1) is 13.9. The van der Waals surface area contributed by atoms with E-state index in [9.17, 15) is 10.1 Å². The Kier molecular flexibility index (Phi) is 5.38. The number of benzene rings is 1. The van der Waals surface area contributed by atoms with Gasteiger partial charge in [0.25, 0.3) is 5.69 Å². The van der Waals surface area contributed by atoms with Crippen LogP contribution in [-0.4, -0.2) is 11.5 Å². The molecule has 0 heterocycles. The lowest BCUT2D eigenvalue weighted by Crippen LogP contribution is -2.05. The van der Waals surface area contributed by atoms with Crippen molar-refractivity contribution in [3.05, 3.63) is 38.9 Å². The Morgan fingerprint density at radius 3 is 2.82 bits per heavy atom. The van der Waals surface area contributed by atoms with Gasteiger partial charge in [-0.15, -0.1) is 0 Å². The van der Waals surface area contributed by atoms with Crippen LogP contribution in [0.4, 0.5) is 5.69 Å². The summed E-state index contributed by atoms with van der Waals surface area (Å²) in [4.78, 5) is 10.4. The Bertz CT molecular complexity index is 395. The third kappa shape index (κ3) is 4.32. The molecule has 0 amide bonds. The first-order chi connectivity index (χ1) is 8.04. The fourth-order valence-corrected chi connectivity index (χ4v) is 1.48. The van der Waals surface area contributed by atoms with E-state index in [4.69, 9.17) is 16.3 Å². The second-order valence-electron chi connectivity index (χ2n) is 4.06. The minimum absolute atomic E-state index is 0.0154. The van der Waals surface area contributed by atoms with Crippen LogP contribution in [-0.2, 0) is 11.3 Å². The van der Waals surface area contributed by atoms with Gasteiger partial charge in [0, 0.05) is 17.7 Å². The molecule has 0 bridgehead atoms. The van der Waals surface area contributed by atoms with Gasteiger partial charge >= 0.3 is 0 Å². The highest BCUT2D eigenvalue weighted by atomic mass is 35.5. The number of hydrogen-bond donors (Lipinski definition) is 0. The minimum Gasteiger partial charge on any atom is -0.376 e. The zero-order valence-electron chi connectivity index (χ0n) is 9.98. The summed E-state index contributed by atoms with van der Waals surface area (Å²) in [6.07, 6.45) is 1.03. The summed E-state index contributed by atoms with van der Waals surface area (Å²) < 4.78 is 5.46. The molecule has 5 heteroatoms. The van der Waals surface area contributed by atoms with Crippen LogP contribution in [0.2, 0.25) is 5.02 Å². The second-order valence-corrected chi connectivity index (χ2v) is 4.50. The number of hydrogen-bond acceptors (Lipinski definition) is 3. The van der Waals surface area contributed by atoms with E-state index in [0.29, 0.717) is 23.1 Å². The van der Waals surface area contributed by atoms with E-state index in [1.165, 1.54) is 6.07 Å². The maximum Gasteiger partial charge on any atom is 0.276 e. The lowest BCUT2D eigenvalue weighted by molar-refractivity contribution is -0.385. The summed E-state index contributed by atoms with van der Waals surface area (Å²) >= 11 is 5.72. The molecule has 1 aromatic carbocycles. The van der Waals surface area contributed by atoms with Crippen molar-refractivity contribution in [2.45, 2.75) is 26.9 Å². The average Bonchev–Trinajstić information content (AvgIpc) is 2.30. The molecular weight excluding hydrogens is 242 g/mol. The molecule has 0 aliphatic rings. The van der Waals surface area contributed by atoms with Crippen molar-refractivity contribution in [3.8, 4) is 0 Å². The van der Waals surface area contributed by atoms with Crippen LogP contribution in [0.15, 0.2) is 18.2 Å². The fraction of sp³-hybridized carbons (Fsp3) is 0.500. The SMILES string of the molecule is CCC(C)COCc1ccc(Cl)cc1[N+](=O)[O-]. The monoisotopic (exact) mass is 257 g/mol. The molecule has 1 unspecified atom stereocenters. The van der Waals surface area contributed by atoms with E-state index in [2.05, 4.69) is 13.8 Å². The number of halogens is 1. The van der Waals surface area contributed by atoms with Crippen molar-refractivity contribution in [2.75, 3.05) is 6.61 Å². The Morgan fingerprint density at radius 2 is 2.24 bits per heavy atom. The number of ether oxygens (including phenoxy) is 1. The van der Waals surface area contributed by atoms with Gasteiger partial charge < -0.3 is 4.74 Å². The van der Waals surface area contributed by atoms with Crippen LogP contribution in [0, 0.1) is 16.0 Å². The summed E-state index contributed by atoms with van der Waals surface area (Å²) in [6, 6.07) is 4.62. The van der Waals surface area contributed by atoms with Gasteiger partial charge in [0.05, 0.1) is 17.1 Å². The second kappa shape index (κ2) is 6.57. The molecule has 0 aliphatic carbocycles. The highest BCUT2D eigenvalue weighted by Crippen LogP contribution is 2.24. The maximum absolute atomic E-state index is 10.8. The molecule has 0 spiro atoms. The van der Waals surface area contributed by atoms with Crippen molar-refractivity contribution in [1.82, 2.24) is 0 Å². The van der Waals surface area contributed by atoms with Gasteiger partial charge in [0.15, 0.2) is 0 Å². The Balaban J connectivity index is 2.67. The van der Waals surface area contributed by atoms with Crippen molar-refractivity contribution in [3.63, 3.8) is 0 Å². The lowest BCUT2D eigenvalue weighted by Gasteiger charge is -2.09. The summed E-state index contributed by atoms with van der Waals surface area (Å²) in [5, 5.41) is 11.2. The van der Waals surface area contributed by atoms with Crippen molar-refractivity contribution < 1.29 is 9.66 Å². The highest BCUT2D eigenvalue weighted by Gasteiger charge is 2.14. The standard InChI is InChI=1S/C12H16ClNO3/c1-3-9(2)7-17-8-10-4-5-11(13)6-12(10)14(15)16/h4-6,9H,3,7-8H2,1-2H3. The van der Waals surface area contributed by atoms with Crippen LogP contribution < -0.4 is 0 Å². The normalized spacial score (nSPS) is 12.4. The molecule has 17 heavy (non-hydrogen) atoms. The molecule has 1 rings (SSSR count). The number of nitro groups is 1. The predicted octanol–water partition coefficient (Wildman–Crippen LogP) is 3.81. The quantitative estimate of drug-likeness (QED) is 0.575. The van der Waals surface area contributed by atoms with E-state index in [1.807, 2.05) is 0 Å². The van der Waals surface area contributed by atoms with Gasteiger partial charge in [0.2, 0.25) is 0 Å². The molecule has 0 fully saturated rings. The number of rotatable bonds is 6. The Morgan fingerprint density at radius 1 is 1.53 bits per heavy atom. The Labute approximate surface area is 106 Å². The molecule has 0 saturated heterocycles. The van der Waals surface area contributed by atoms with Gasteiger partial charge in [-0.3, -0.25) is 10.1 Å². The first-order valence-corrected chi connectivity index (χ1v) is 5.93. The predicted molar refractivity (Wildman–Crippen MR) is 67.2 cm³/mol. The number of nitro benzene ring substituents is 1. The Hall–Kier alpha value is -1.13. The molecule has 94 valence electrons. The van der Waals surface area contributed by atoms with Gasteiger partial charge in [-0.25, -0.2) is 0 Å². The third-order valence-corrected chi connectivity index (χ3v) is 2.84. The minimum atomic E-state index is -0.437. The van der Waals surface area contributed by atoms with E-state index in [-0.39, 0.29) is 12.3 Å². The maximum atomic E-state index is 10.8. The molecule has 0 aliphatic heterocycles. The molecule has 0 radical (unpaired) electrons. The molecule has 0 aromatic heterocycles. The van der Waals surface area contributed by atoms with E-state index in [0.717, 1.165) is 6.42 Å². The highest BCUT2D eigenvalue weighted by molar-refractivity contribution is 6.30. The molecular formula is C12H16ClNO3. The summed E-state index contributed by atoms with van der Waals surface area (Å²) in [6.45, 7) is 5.02. The fourth-order valence-electron chi connectivity index (χ4n) is 1.32. The molecule has 4 nitrogen and oxygen atoms in total. The first-order valence-electron chi connectivity index (χ1n) is 5.55. The molecule has 1 atom stereocenters. The topological polar surface area (TPSA) is 52.4 Å². The van der Waals surface area contributed by atoms with E-state index < -0.39 is 4.92 Å². The van der Waals surface area contributed by atoms with E-state index >= 15 is 0 Å². The van der Waals surface area contributed by atoms with Crippen LogP contribution in [0.25, 0.3) is 0 Å². The van der Waals surface area contributed by atoms with Crippen LogP contribution in [0.5, 0.6) is 0 Å². The molecule has 0 N–H and O–H groups in total. The summed E-state index contributed by atoms with van der Waals surface area (Å²) in [7, 11) is 0.